The number of pyridine rings is 2. The van der Waals surface area contributed by atoms with Crippen LogP contribution in [0, 0.1) is 6.92 Å². The van der Waals surface area contributed by atoms with Crippen molar-refractivity contribution >= 4 is 11.7 Å². The van der Waals surface area contributed by atoms with Gasteiger partial charge in [-0.05, 0) is 36.8 Å². The van der Waals surface area contributed by atoms with E-state index in [0.717, 1.165) is 17.8 Å². The molecule has 1 N–H and O–H groups in total. The fraction of sp³-hybridized carbons (Fsp3) is 0.143. The predicted molar refractivity (Wildman–Crippen MR) is 109 cm³/mol. The van der Waals surface area contributed by atoms with Crippen LogP contribution in [0.1, 0.15) is 11.3 Å². The molecule has 4 aromatic heterocycles. The highest BCUT2D eigenvalue weighted by atomic mass is 19.4. The van der Waals surface area contributed by atoms with E-state index in [9.17, 15) is 18.0 Å². The smallest absolute Gasteiger partial charge is 0.309 e. The maximum atomic E-state index is 12.9. The summed E-state index contributed by atoms with van der Waals surface area (Å²) in [6.07, 6.45) is 4.43. The van der Waals surface area contributed by atoms with Crippen molar-refractivity contribution in [2.45, 2.75) is 19.6 Å². The van der Waals surface area contributed by atoms with E-state index in [-0.39, 0.29) is 18.0 Å². The number of anilines is 1. The summed E-state index contributed by atoms with van der Waals surface area (Å²) in [7, 11) is 0. The summed E-state index contributed by atoms with van der Waals surface area (Å²) >= 11 is 0. The SMILES string of the molecule is Cc1cn(CC(=O)Nc2ccc(-c3cnccn3)cn2)nc1-c1ccnc(C(F)(F)F)c1. The van der Waals surface area contributed by atoms with Crippen molar-refractivity contribution in [1.82, 2.24) is 29.7 Å². The quantitative estimate of drug-likeness (QED) is 0.508. The first-order valence-corrected chi connectivity index (χ1v) is 9.39. The van der Waals surface area contributed by atoms with Gasteiger partial charge >= 0.3 is 6.18 Å². The topological polar surface area (TPSA) is 98.5 Å². The third kappa shape index (κ3) is 4.77. The van der Waals surface area contributed by atoms with Gasteiger partial charge < -0.3 is 5.32 Å². The van der Waals surface area contributed by atoms with Crippen molar-refractivity contribution in [2.24, 2.45) is 0 Å². The predicted octanol–water partition coefficient (Wildman–Crippen LogP) is 3.76. The Labute approximate surface area is 180 Å². The number of halogens is 3. The van der Waals surface area contributed by atoms with Gasteiger partial charge in [-0.3, -0.25) is 24.4 Å². The van der Waals surface area contributed by atoms with Crippen molar-refractivity contribution in [3.05, 3.63) is 72.7 Å². The van der Waals surface area contributed by atoms with E-state index in [2.05, 4.69) is 30.4 Å². The molecule has 0 radical (unpaired) electrons. The molecule has 4 aromatic rings. The standard InChI is InChI=1S/C21H16F3N7O/c1-13-11-31(30-20(13)14-4-5-27-17(8-14)21(22,23)24)12-19(32)29-18-3-2-15(9-28-18)16-10-25-6-7-26-16/h2-11H,12H2,1H3,(H,28,29,32). The van der Waals surface area contributed by atoms with Gasteiger partial charge in [0, 0.05) is 42.1 Å². The van der Waals surface area contributed by atoms with E-state index in [1.54, 1.807) is 50.0 Å². The summed E-state index contributed by atoms with van der Waals surface area (Å²) < 4.78 is 40.2. The number of rotatable bonds is 5. The highest BCUT2D eigenvalue weighted by Crippen LogP contribution is 2.30. The van der Waals surface area contributed by atoms with E-state index in [1.165, 1.54) is 10.7 Å². The molecule has 0 aliphatic heterocycles. The molecule has 0 spiro atoms. The number of amides is 1. The number of nitrogens with zero attached hydrogens (tertiary/aromatic N) is 6. The van der Waals surface area contributed by atoms with Crippen molar-refractivity contribution in [2.75, 3.05) is 5.32 Å². The van der Waals surface area contributed by atoms with Crippen molar-refractivity contribution in [3.8, 4) is 22.5 Å². The lowest BCUT2D eigenvalue weighted by atomic mass is 10.1. The van der Waals surface area contributed by atoms with Gasteiger partial charge in [-0.2, -0.15) is 18.3 Å². The molecule has 0 aliphatic carbocycles. The van der Waals surface area contributed by atoms with Gasteiger partial charge in [0.1, 0.15) is 18.1 Å². The van der Waals surface area contributed by atoms with Crippen molar-refractivity contribution in [3.63, 3.8) is 0 Å². The molecular weight excluding hydrogens is 423 g/mol. The summed E-state index contributed by atoms with van der Waals surface area (Å²) in [5.74, 6) is -0.0415. The van der Waals surface area contributed by atoms with Gasteiger partial charge in [0.15, 0.2) is 0 Å². The van der Waals surface area contributed by atoms with E-state index < -0.39 is 11.9 Å². The van der Waals surface area contributed by atoms with Crippen LogP contribution in [-0.4, -0.2) is 35.6 Å². The first-order valence-electron chi connectivity index (χ1n) is 9.39. The Morgan fingerprint density at radius 2 is 1.88 bits per heavy atom. The molecule has 1 amide bonds. The molecule has 4 heterocycles. The molecule has 0 saturated carbocycles. The summed E-state index contributed by atoms with van der Waals surface area (Å²) in [4.78, 5) is 28.1. The zero-order valence-electron chi connectivity index (χ0n) is 16.7. The van der Waals surface area contributed by atoms with E-state index in [4.69, 9.17) is 0 Å². The number of aryl methyl sites for hydroxylation is 1. The Bertz CT molecular complexity index is 1240. The molecule has 0 saturated heterocycles. The molecule has 0 atom stereocenters. The van der Waals surface area contributed by atoms with Gasteiger partial charge in [0.05, 0.1) is 17.6 Å². The third-order valence-corrected chi connectivity index (χ3v) is 4.46. The Balaban J connectivity index is 1.45. The van der Waals surface area contributed by atoms with E-state index in [1.807, 2.05) is 0 Å². The summed E-state index contributed by atoms with van der Waals surface area (Å²) in [6, 6.07) is 5.77. The van der Waals surface area contributed by atoms with Crippen LogP contribution >= 0.6 is 0 Å². The minimum absolute atomic E-state index is 0.133. The molecule has 4 rings (SSSR count). The van der Waals surface area contributed by atoms with Crippen LogP contribution in [0.25, 0.3) is 22.5 Å². The monoisotopic (exact) mass is 439 g/mol. The number of nitrogens with one attached hydrogen (secondary N) is 1. The summed E-state index contributed by atoms with van der Waals surface area (Å²) in [5, 5.41) is 6.92. The molecule has 0 unspecified atom stereocenters. The first-order chi connectivity index (χ1) is 15.3. The lowest BCUT2D eigenvalue weighted by Crippen LogP contribution is -2.19. The summed E-state index contributed by atoms with van der Waals surface area (Å²) in [5.41, 5.74) is 1.64. The largest absolute Gasteiger partial charge is 0.433 e. The zero-order valence-corrected chi connectivity index (χ0v) is 16.7. The first kappa shape index (κ1) is 21.1. The van der Waals surface area contributed by atoms with Gasteiger partial charge in [-0.15, -0.1) is 0 Å². The van der Waals surface area contributed by atoms with Crippen LogP contribution in [0.2, 0.25) is 0 Å². The molecule has 162 valence electrons. The Morgan fingerprint density at radius 1 is 1.03 bits per heavy atom. The molecule has 0 fully saturated rings. The maximum absolute atomic E-state index is 12.9. The van der Waals surface area contributed by atoms with E-state index >= 15 is 0 Å². The number of hydrogen-bond donors (Lipinski definition) is 1. The molecule has 0 aromatic carbocycles. The minimum atomic E-state index is -4.55. The van der Waals surface area contributed by atoms with Gasteiger partial charge in [-0.1, -0.05) is 0 Å². The second-order valence-electron chi connectivity index (χ2n) is 6.86. The van der Waals surface area contributed by atoms with Gasteiger partial charge in [0.2, 0.25) is 5.91 Å². The fourth-order valence-corrected chi connectivity index (χ4v) is 3.02. The molecule has 0 aliphatic rings. The average Bonchev–Trinajstić information content (AvgIpc) is 3.14. The van der Waals surface area contributed by atoms with Crippen LogP contribution < -0.4 is 5.32 Å². The lowest BCUT2D eigenvalue weighted by Gasteiger charge is -2.07. The minimum Gasteiger partial charge on any atom is -0.309 e. The van der Waals surface area contributed by atoms with Crippen molar-refractivity contribution < 1.29 is 18.0 Å². The number of hydrogen-bond acceptors (Lipinski definition) is 6. The van der Waals surface area contributed by atoms with Crippen LogP contribution in [0.3, 0.4) is 0 Å². The van der Waals surface area contributed by atoms with Crippen LogP contribution in [0.4, 0.5) is 19.0 Å². The van der Waals surface area contributed by atoms with Gasteiger partial charge in [-0.25, -0.2) is 4.98 Å². The average molecular weight is 439 g/mol. The highest BCUT2D eigenvalue weighted by Gasteiger charge is 2.32. The second kappa shape index (κ2) is 8.53. The maximum Gasteiger partial charge on any atom is 0.433 e. The van der Waals surface area contributed by atoms with Crippen molar-refractivity contribution in [1.29, 1.82) is 0 Å². The van der Waals surface area contributed by atoms with Crippen LogP contribution in [0.15, 0.2) is 61.4 Å². The zero-order chi connectivity index (χ0) is 22.7. The molecule has 32 heavy (non-hydrogen) atoms. The fourth-order valence-electron chi connectivity index (χ4n) is 3.02. The number of aromatic nitrogens is 6. The number of alkyl halides is 3. The Morgan fingerprint density at radius 3 is 2.56 bits per heavy atom. The molecule has 0 bridgehead atoms. The molecule has 11 heteroatoms. The second-order valence-corrected chi connectivity index (χ2v) is 6.86. The summed E-state index contributed by atoms with van der Waals surface area (Å²) in [6.45, 7) is 1.57. The highest BCUT2D eigenvalue weighted by molar-refractivity contribution is 5.89. The van der Waals surface area contributed by atoms with Gasteiger partial charge in [0.25, 0.3) is 0 Å². The third-order valence-electron chi connectivity index (χ3n) is 4.46. The lowest BCUT2D eigenvalue weighted by molar-refractivity contribution is -0.141. The normalized spacial score (nSPS) is 11.4. The van der Waals surface area contributed by atoms with Crippen LogP contribution in [-0.2, 0) is 17.5 Å². The molecule has 8 nitrogen and oxygen atoms in total. The molecular formula is C21H16F3N7O. The Kier molecular flexibility index (Phi) is 5.63. The van der Waals surface area contributed by atoms with Crippen LogP contribution in [0.5, 0.6) is 0 Å². The van der Waals surface area contributed by atoms with E-state index in [0.29, 0.717) is 22.8 Å². The Hall–Kier alpha value is -4.15. The number of carbonyl (C=O) groups is 1. The number of carbonyl (C=O) groups excluding carboxylic acids is 1.